The van der Waals surface area contributed by atoms with Crippen LogP contribution >= 0.6 is 0 Å². The van der Waals surface area contributed by atoms with E-state index in [0.29, 0.717) is 11.9 Å². The second-order valence-corrected chi connectivity index (χ2v) is 4.49. The van der Waals surface area contributed by atoms with Crippen LogP contribution in [-0.4, -0.2) is 16.0 Å². The Morgan fingerprint density at radius 3 is 2.44 bits per heavy atom. The number of nitrogens with one attached hydrogen (secondary N) is 2. The molecule has 0 spiro atoms. The first-order valence-corrected chi connectivity index (χ1v) is 6.84. The zero-order chi connectivity index (χ0) is 13.4. The van der Waals surface area contributed by atoms with E-state index in [9.17, 15) is 0 Å². The van der Waals surface area contributed by atoms with Crippen molar-refractivity contribution in [2.75, 3.05) is 10.7 Å². The van der Waals surface area contributed by atoms with Gasteiger partial charge in [0, 0.05) is 18.5 Å². The highest BCUT2D eigenvalue weighted by atomic mass is 15.3. The van der Waals surface area contributed by atoms with E-state index in [4.69, 9.17) is 5.84 Å². The van der Waals surface area contributed by atoms with Crippen LogP contribution in [0.4, 0.5) is 11.6 Å². The summed E-state index contributed by atoms with van der Waals surface area (Å²) >= 11 is 0. The van der Waals surface area contributed by atoms with Gasteiger partial charge in [0.05, 0.1) is 0 Å². The van der Waals surface area contributed by atoms with E-state index in [-0.39, 0.29) is 0 Å². The predicted octanol–water partition coefficient (Wildman–Crippen LogP) is 2.71. The van der Waals surface area contributed by atoms with Crippen molar-refractivity contribution >= 4 is 11.6 Å². The van der Waals surface area contributed by atoms with Gasteiger partial charge in [0.2, 0.25) is 0 Å². The number of hydrazine groups is 1. The van der Waals surface area contributed by atoms with Crippen molar-refractivity contribution in [1.29, 1.82) is 0 Å². The quantitative estimate of drug-likeness (QED) is 0.489. The summed E-state index contributed by atoms with van der Waals surface area (Å²) in [6, 6.07) is 2.32. The van der Waals surface area contributed by atoms with E-state index >= 15 is 0 Å². The van der Waals surface area contributed by atoms with Crippen molar-refractivity contribution in [3.8, 4) is 0 Å². The number of nitrogens with two attached hydrogens (primary N) is 1. The minimum atomic E-state index is 0.463. The number of nitrogen functional groups attached to an aromatic ring is 1. The summed E-state index contributed by atoms with van der Waals surface area (Å²) in [5.74, 6) is 7.80. The first-order chi connectivity index (χ1) is 8.73. The number of aryl methyl sites for hydroxylation is 1. The van der Waals surface area contributed by atoms with Crippen LogP contribution in [0.1, 0.15) is 52.3 Å². The molecule has 0 aromatic carbocycles. The molecule has 1 aromatic rings. The fraction of sp³-hybridized carbons (Fsp3) is 0.692. The molecular formula is C13H25N5. The first kappa shape index (κ1) is 14.7. The Hall–Kier alpha value is -1.36. The second kappa shape index (κ2) is 7.87. The Labute approximate surface area is 110 Å². The van der Waals surface area contributed by atoms with Gasteiger partial charge >= 0.3 is 0 Å². The maximum Gasteiger partial charge on any atom is 0.145 e. The fourth-order valence-electron chi connectivity index (χ4n) is 1.92. The van der Waals surface area contributed by atoms with Crippen LogP contribution < -0.4 is 16.6 Å². The SMILES string of the molecule is CCCc1nc(NN)cc(NC(CC)CCC)n1. The van der Waals surface area contributed by atoms with Crippen LogP contribution in [0.25, 0.3) is 0 Å². The lowest BCUT2D eigenvalue weighted by atomic mass is 10.1. The van der Waals surface area contributed by atoms with Gasteiger partial charge in [0.15, 0.2) is 0 Å². The summed E-state index contributed by atoms with van der Waals surface area (Å²) in [6.07, 6.45) is 5.30. The molecule has 0 saturated heterocycles. The molecule has 102 valence electrons. The van der Waals surface area contributed by atoms with Gasteiger partial charge in [-0.05, 0) is 19.3 Å². The molecular weight excluding hydrogens is 226 g/mol. The molecule has 5 heteroatoms. The molecule has 1 unspecified atom stereocenters. The molecule has 4 N–H and O–H groups in total. The van der Waals surface area contributed by atoms with Crippen molar-refractivity contribution < 1.29 is 0 Å². The standard InChI is InChI=1S/C13H25N5/c1-4-7-10(6-3)15-12-9-13(18-14)17-11(16-12)8-5-2/h9-10H,4-8,14H2,1-3H3,(H2,15,16,17,18). The molecule has 1 aromatic heterocycles. The van der Waals surface area contributed by atoms with Gasteiger partial charge in [-0.2, -0.15) is 0 Å². The molecule has 0 aliphatic carbocycles. The van der Waals surface area contributed by atoms with Crippen LogP contribution in [-0.2, 0) is 6.42 Å². The number of hydrogen-bond donors (Lipinski definition) is 3. The highest BCUT2D eigenvalue weighted by molar-refractivity contribution is 5.47. The minimum absolute atomic E-state index is 0.463. The van der Waals surface area contributed by atoms with E-state index in [1.807, 2.05) is 6.07 Å². The van der Waals surface area contributed by atoms with Crippen LogP contribution in [0.2, 0.25) is 0 Å². The fourth-order valence-corrected chi connectivity index (χ4v) is 1.92. The number of rotatable bonds is 8. The van der Waals surface area contributed by atoms with Crippen LogP contribution in [0.5, 0.6) is 0 Å². The number of anilines is 2. The molecule has 1 rings (SSSR count). The maximum absolute atomic E-state index is 5.44. The molecule has 0 bridgehead atoms. The summed E-state index contributed by atoms with van der Waals surface area (Å²) in [5, 5.41) is 3.46. The second-order valence-electron chi connectivity index (χ2n) is 4.49. The molecule has 5 nitrogen and oxygen atoms in total. The highest BCUT2D eigenvalue weighted by Gasteiger charge is 2.08. The molecule has 1 heterocycles. The maximum atomic E-state index is 5.44. The summed E-state index contributed by atoms with van der Waals surface area (Å²) in [4.78, 5) is 8.86. The Morgan fingerprint density at radius 2 is 1.89 bits per heavy atom. The molecule has 1 atom stereocenters. The van der Waals surface area contributed by atoms with Gasteiger partial charge in [-0.1, -0.05) is 27.2 Å². The Kier molecular flexibility index (Phi) is 6.43. The zero-order valence-electron chi connectivity index (χ0n) is 11.7. The highest BCUT2D eigenvalue weighted by Crippen LogP contribution is 2.15. The van der Waals surface area contributed by atoms with Crippen molar-refractivity contribution in [3.05, 3.63) is 11.9 Å². The third-order valence-electron chi connectivity index (χ3n) is 2.88. The number of hydrogen-bond acceptors (Lipinski definition) is 5. The van der Waals surface area contributed by atoms with Gasteiger partial charge in [-0.3, -0.25) is 0 Å². The normalized spacial score (nSPS) is 12.2. The van der Waals surface area contributed by atoms with Crippen molar-refractivity contribution in [2.24, 2.45) is 5.84 Å². The molecule has 18 heavy (non-hydrogen) atoms. The molecule has 0 aliphatic heterocycles. The Balaban J connectivity index is 2.82. The summed E-state index contributed by atoms with van der Waals surface area (Å²) < 4.78 is 0. The summed E-state index contributed by atoms with van der Waals surface area (Å²) in [6.45, 7) is 6.49. The van der Waals surface area contributed by atoms with E-state index in [1.165, 1.54) is 6.42 Å². The summed E-state index contributed by atoms with van der Waals surface area (Å²) in [7, 11) is 0. The smallest absolute Gasteiger partial charge is 0.145 e. The van der Waals surface area contributed by atoms with E-state index in [2.05, 4.69) is 41.5 Å². The van der Waals surface area contributed by atoms with Gasteiger partial charge in [0.1, 0.15) is 17.5 Å². The largest absolute Gasteiger partial charge is 0.367 e. The average Bonchev–Trinajstić information content (AvgIpc) is 2.38. The topological polar surface area (TPSA) is 75.9 Å². The third kappa shape index (κ3) is 4.49. The third-order valence-corrected chi connectivity index (χ3v) is 2.88. The van der Waals surface area contributed by atoms with E-state index < -0.39 is 0 Å². The lowest BCUT2D eigenvalue weighted by Crippen LogP contribution is -2.20. The van der Waals surface area contributed by atoms with Gasteiger partial charge in [-0.15, -0.1) is 0 Å². The van der Waals surface area contributed by atoms with Gasteiger partial charge < -0.3 is 10.7 Å². The van der Waals surface area contributed by atoms with Gasteiger partial charge in [-0.25, -0.2) is 15.8 Å². The van der Waals surface area contributed by atoms with Crippen molar-refractivity contribution in [2.45, 2.75) is 58.9 Å². The Bertz CT molecular complexity index is 353. The Morgan fingerprint density at radius 1 is 1.17 bits per heavy atom. The first-order valence-electron chi connectivity index (χ1n) is 6.84. The lowest BCUT2D eigenvalue weighted by molar-refractivity contribution is 0.619. The molecule has 0 radical (unpaired) electrons. The predicted molar refractivity (Wildman–Crippen MR) is 76.4 cm³/mol. The van der Waals surface area contributed by atoms with E-state index in [0.717, 1.165) is 37.3 Å². The number of aromatic nitrogens is 2. The molecule has 0 amide bonds. The van der Waals surface area contributed by atoms with Crippen LogP contribution in [0.15, 0.2) is 6.07 Å². The van der Waals surface area contributed by atoms with Crippen LogP contribution in [0.3, 0.4) is 0 Å². The molecule has 0 aliphatic rings. The van der Waals surface area contributed by atoms with Crippen molar-refractivity contribution in [3.63, 3.8) is 0 Å². The van der Waals surface area contributed by atoms with Crippen molar-refractivity contribution in [1.82, 2.24) is 9.97 Å². The zero-order valence-corrected chi connectivity index (χ0v) is 11.7. The summed E-state index contributed by atoms with van der Waals surface area (Å²) in [5.41, 5.74) is 2.60. The van der Waals surface area contributed by atoms with Gasteiger partial charge in [0.25, 0.3) is 0 Å². The molecule has 0 fully saturated rings. The monoisotopic (exact) mass is 251 g/mol. The minimum Gasteiger partial charge on any atom is -0.367 e. The average molecular weight is 251 g/mol. The number of nitrogens with zero attached hydrogens (tertiary/aromatic N) is 2. The van der Waals surface area contributed by atoms with E-state index in [1.54, 1.807) is 0 Å². The lowest BCUT2D eigenvalue weighted by Gasteiger charge is -2.17. The molecule has 0 saturated carbocycles. The van der Waals surface area contributed by atoms with Crippen LogP contribution in [0, 0.1) is 0 Å².